The Bertz CT molecular complexity index is 385. The van der Waals surface area contributed by atoms with Crippen molar-refractivity contribution in [2.45, 2.75) is 45.6 Å². The molecule has 20 heavy (non-hydrogen) atoms. The molecule has 1 heterocycles. The van der Waals surface area contributed by atoms with E-state index in [9.17, 15) is 8.42 Å². The highest BCUT2D eigenvalue weighted by Gasteiger charge is 2.37. The highest BCUT2D eigenvalue weighted by molar-refractivity contribution is 7.88. The fourth-order valence-electron chi connectivity index (χ4n) is 3.14. The fourth-order valence-corrected chi connectivity index (χ4v) is 3.97. The van der Waals surface area contributed by atoms with E-state index < -0.39 is 10.0 Å². The van der Waals surface area contributed by atoms with Crippen LogP contribution in [0.4, 0.5) is 0 Å². The minimum atomic E-state index is -3.06. The standard InChI is InChI=1S/C14H31N3O2S/c1-5-13(3)11-14(6-2,12-15)16-7-9-17(10-8-16)20(4,18)19/h13H,5-12,15H2,1-4H3. The molecule has 0 spiro atoms. The Morgan fingerprint density at radius 2 is 1.75 bits per heavy atom. The molecule has 2 unspecified atom stereocenters. The first-order valence-corrected chi connectivity index (χ1v) is 9.54. The largest absolute Gasteiger partial charge is 0.329 e. The van der Waals surface area contributed by atoms with E-state index in [1.165, 1.54) is 6.26 Å². The van der Waals surface area contributed by atoms with Crippen molar-refractivity contribution in [1.29, 1.82) is 0 Å². The topological polar surface area (TPSA) is 66.6 Å². The number of piperazine rings is 1. The van der Waals surface area contributed by atoms with E-state index in [4.69, 9.17) is 5.73 Å². The lowest BCUT2D eigenvalue weighted by molar-refractivity contribution is 0.0377. The van der Waals surface area contributed by atoms with Gasteiger partial charge in [-0.1, -0.05) is 27.2 Å². The van der Waals surface area contributed by atoms with Gasteiger partial charge >= 0.3 is 0 Å². The molecule has 6 heteroatoms. The monoisotopic (exact) mass is 305 g/mol. The number of hydrogen-bond donors (Lipinski definition) is 1. The van der Waals surface area contributed by atoms with Crippen LogP contribution in [0.3, 0.4) is 0 Å². The first kappa shape index (κ1) is 17.9. The van der Waals surface area contributed by atoms with E-state index >= 15 is 0 Å². The van der Waals surface area contributed by atoms with Crippen molar-refractivity contribution >= 4 is 10.0 Å². The first-order chi connectivity index (χ1) is 9.29. The summed E-state index contributed by atoms with van der Waals surface area (Å²) >= 11 is 0. The normalized spacial score (nSPS) is 23.4. The lowest BCUT2D eigenvalue weighted by Gasteiger charge is -2.48. The summed E-state index contributed by atoms with van der Waals surface area (Å²) in [5.41, 5.74) is 6.13. The van der Waals surface area contributed by atoms with Gasteiger partial charge in [0.15, 0.2) is 0 Å². The lowest BCUT2D eigenvalue weighted by Crippen LogP contribution is -2.61. The molecule has 0 aliphatic carbocycles. The summed E-state index contributed by atoms with van der Waals surface area (Å²) in [5.74, 6) is 0.645. The summed E-state index contributed by atoms with van der Waals surface area (Å²) in [5, 5.41) is 0. The minimum Gasteiger partial charge on any atom is -0.329 e. The van der Waals surface area contributed by atoms with Gasteiger partial charge in [0, 0.05) is 38.3 Å². The molecular formula is C14H31N3O2S. The summed E-state index contributed by atoms with van der Waals surface area (Å²) in [4.78, 5) is 2.42. The molecule has 2 N–H and O–H groups in total. The predicted octanol–water partition coefficient (Wildman–Crippen LogP) is 1.11. The molecule has 0 amide bonds. The van der Waals surface area contributed by atoms with Crippen LogP contribution in [0.2, 0.25) is 0 Å². The molecule has 5 nitrogen and oxygen atoms in total. The van der Waals surface area contributed by atoms with Gasteiger partial charge in [-0.3, -0.25) is 4.90 Å². The zero-order valence-electron chi connectivity index (χ0n) is 13.4. The van der Waals surface area contributed by atoms with Crippen molar-refractivity contribution in [3.05, 3.63) is 0 Å². The van der Waals surface area contributed by atoms with E-state index in [0.717, 1.165) is 32.4 Å². The molecule has 1 saturated heterocycles. The van der Waals surface area contributed by atoms with E-state index in [1.54, 1.807) is 4.31 Å². The zero-order valence-corrected chi connectivity index (χ0v) is 14.2. The van der Waals surface area contributed by atoms with Gasteiger partial charge < -0.3 is 5.73 Å². The Labute approximate surface area is 124 Å². The molecule has 1 aliphatic rings. The summed E-state index contributed by atoms with van der Waals surface area (Å²) < 4.78 is 24.8. The second-order valence-electron chi connectivity index (χ2n) is 6.15. The smallest absolute Gasteiger partial charge is 0.211 e. The molecule has 0 aromatic carbocycles. The van der Waals surface area contributed by atoms with Gasteiger partial charge in [-0.05, 0) is 18.8 Å². The molecule has 120 valence electrons. The summed E-state index contributed by atoms with van der Waals surface area (Å²) in [6.45, 7) is 10.1. The van der Waals surface area contributed by atoms with Gasteiger partial charge in [-0.25, -0.2) is 8.42 Å². The highest BCUT2D eigenvalue weighted by Crippen LogP contribution is 2.29. The van der Waals surface area contributed by atoms with Gasteiger partial charge in [0.25, 0.3) is 0 Å². The van der Waals surface area contributed by atoms with Gasteiger partial charge in [0.2, 0.25) is 10.0 Å². The van der Waals surface area contributed by atoms with Crippen molar-refractivity contribution in [3.8, 4) is 0 Å². The maximum absolute atomic E-state index is 11.6. The number of sulfonamides is 1. The second kappa shape index (κ2) is 7.20. The van der Waals surface area contributed by atoms with Crippen LogP contribution in [0, 0.1) is 5.92 Å². The van der Waals surface area contributed by atoms with Crippen LogP contribution in [0.1, 0.15) is 40.0 Å². The Balaban J connectivity index is 2.76. The molecule has 1 aliphatic heterocycles. The molecule has 0 aromatic rings. The molecule has 0 radical (unpaired) electrons. The van der Waals surface area contributed by atoms with Crippen LogP contribution in [0.15, 0.2) is 0 Å². The van der Waals surface area contributed by atoms with Gasteiger partial charge in [-0.2, -0.15) is 4.31 Å². The van der Waals surface area contributed by atoms with Crippen LogP contribution >= 0.6 is 0 Å². The van der Waals surface area contributed by atoms with Crippen LogP contribution in [0.5, 0.6) is 0 Å². The van der Waals surface area contributed by atoms with Gasteiger partial charge in [0.05, 0.1) is 6.26 Å². The highest BCUT2D eigenvalue weighted by atomic mass is 32.2. The zero-order chi connectivity index (χ0) is 15.4. The van der Waals surface area contributed by atoms with Crippen LogP contribution in [-0.4, -0.2) is 62.1 Å². The molecular weight excluding hydrogens is 274 g/mol. The van der Waals surface area contributed by atoms with E-state index in [1.807, 2.05) is 0 Å². The first-order valence-electron chi connectivity index (χ1n) is 7.69. The van der Waals surface area contributed by atoms with Crippen LogP contribution in [-0.2, 0) is 10.0 Å². The Morgan fingerprint density at radius 1 is 1.20 bits per heavy atom. The van der Waals surface area contributed by atoms with Crippen molar-refractivity contribution in [3.63, 3.8) is 0 Å². The lowest BCUT2D eigenvalue weighted by atomic mass is 9.82. The second-order valence-corrected chi connectivity index (χ2v) is 8.13. The Kier molecular flexibility index (Phi) is 6.44. The molecule has 1 fully saturated rings. The van der Waals surface area contributed by atoms with Crippen molar-refractivity contribution in [2.75, 3.05) is 39.0 Å². The van der Waals surface area contributed by atoms with E-state index in [0.29, 0.717) is 25.6 Å². The summed E-state index contributed by atoms with van der Waals surface area (Å²) in [6.07, 6.45) is 4.56. The number of nitrogens with zero attached hydrogens (tertiary/aromatic N) is 2. The Morgan fingerprint density at radius 3 is 2.10 bits per heavy atom. The van der Waals surface area contributed by atoms with Crippen molar-refractivity contribution in [2.24, 2.45) is 11.7 Å². The summed E-state index contributed by atoms with van der Waals surface area (Å²) in [6, 6.07) is 0. The van der Waals surface area contributed by atoms with E-state index in [-0.39, 0.29) is 5.54 Å². The quantitative estimate of drug-likeness (QED) is 0.765. The molecule has 1 rings (SSSR count). The average Bonchev–Trinajstić information content (AvgIpc) is 2.44. The minimum absolute atomic E-state index is 0.0268. The number of rotatable bonds is 7. The number of nitrogens with two attached hydrogens (primary N) is 1. The van der Waals surface area contributed by atoms with Crippen LogP contribution in [0.25, 0.3) is 0 Å². The Hall–Kier alpha value is -0.170. The molecule has 0 aromatic heterocycles. The summed E-state index contributed by atoms with van der Waals surface area (Å²) in [7, 11) is -3.06. The third-order valence-corrected chi connectivity index (χ3v) is 6.15. The molecule has 0 saturated carbocycles. The molecule has 0 bridgehead atoms. The third kappa shape index (κ3) is 4.16. The molecule has 2 atom stereocenters. The average molecular weight is 305 g/mol. The maximum atomic E-state index is 11.6. The van der Waals surface area contributed by atoms with Gasteiger partial charge in [0.1, 0.15) is 0 Å². The fraction of sp³-hybridized carbons (Fsp3) is 1.00. The third-order valence-electron chi connectivity index (χ3n) is 4.84. The van der Waals surface area contributed by atoms with Crippen molar-refractivity contribution < 1.29 is 8.42 Å². The SMILES string of the molecule is CCC(C)CC(CC)(CN)N1CCN(S(C)(=O)=O)CC1. The van der Waals surface area contributed by atoms with Gasteiger partial charge in [-0.15, -0.1) is 0 Å². The van der Waals surface area contributed by atoms with E-state index in [2.05, 4.69) is 25.7 Å². The number of hydrogen-bond acceptors (Lipinski definition) is 4. The van der Waals surface area contributed by atoms with Crippen molar-refractivity contribution in [1.82, 2.24) is 9.21 Å². The maximum Gasteiger partial charge on any atom is 0.211 e. The van der Waals surface area contributed by atoms with Crippen LogP contribution < -0.4 is 5.73 Å². The predicted molar refractivity (Wildman–Crippen MR) is 84.1 cm³/mol.